The SMILES string of the molecule is COCC[C@H]1CN(C(c2ccc(Cl)cc2)c2ccccn2)CCN1C(=O)CC1CCN(B(C)O)CC1. The fraction of sp³-hybridized carbons (Fsp3) is 0.556. The van der Waals surface area contributed by atoms with Gasteiger partial charge in [-0.25, -0.2) is 0 Å². The molecule has 9 heteroatoms. The molecule has 2 aliphatic heterocycles. The van der Waals surface area contributed by atoms with E-state index in [0.29, 0.717) is 30.5 Å². The van der Waals surface area contributed by atoms with Crippen molar-refractivity contribution in [2.45, 2.75) is 44.6 Å². The normalized spacial score (nSPS) is 20.9. The van der Waals surface area contributed by atoms with E-state index in [9.17, 15) is 9.82 Å². The van der Waals surface area contributed by atoms with Crippen LogP contribution in [-0.4, -0.2) is 90.1 Å². The van der Waals surface area contributed by atoms with Crippen LogP contribution >= 0.6 is 11.6 Å². The van der Waals surface area contributed by atoms with Gasteiger partial charge in [0.25, 0.3) is 0 Å². The summed E-state index contributed by atoms with van der Waals surface area (Å²) in [5, 5.41) is 10.6. The number of amides is 1. The van der Waals surface area contributed by atoms with E-state index in [4.69, 9.17) is 16.3 Å². The topological polar surface area (TPSA) is 69.1 Å². The van der Waals surface area contributed by atoms with E-state index >= 15 is 0 Å². The molecule has 2 saturated heterocycles. The quantitative estimate of drug-likeness (QED) is 0.518. The summed E-state index contributed by atoms with van der Waals surface area (Å²) in [5.74, 6) is 0.621. The Hall–Kier alpha value is -1.97. The van der Waals surface area contributed by atoms with Crippen molar-refractivity contribution in [3.63, 3.8) is 0 Å². The van der Waals surface area contributed by atoms with Crippen LogP contribution in [-0.2, 0) is 9.53 Å². The predicted molar refractivity (Wildman–Crippen MR) is 144 cm³/mol. The van der Waals surface area contributed by atoms with E-state index in [1.807, 2.05) is 37.3 Å². The summed E-state index contributed by atoms with van der Waals surface area (Å²) < 4.78 is 5.42. The molecule has 3 heterocycles. The van der Waals surface area contributed by atoms with Crippen molar-refractivity contribution in [2.75, 3.05) is 46.4 Å². The van der Waals surface area contributed by atoms with E-state index < -0.39 is 7.05 Å². The van der Waals surface area contributed by atoms with Gasteiger partial charge in [0.2, 0.25) is 5.91 Å². The molecule has 1 amide bonds. The van der Waals surface area contributed by atoms with E-state index in [1.165, 1.54) is 0 Å². The Morgan fingerprint density at radius 2 is 1.92 bits per heavy atom. The molecule has 36 heavy (non-hydrogen) atoms. The summed E-state index contributed by atoms with van der Waals surface area (Å²) in [6, 6.07) is 14.1. The van der Waals surface area contributed by atoms with Crippen molar-refractivity contribution >= 4 is 24.6 Å². The summed E-state index contributed by atoms with van der Waals surface area (Å²) in [4.78, 5) is 24.8. The molecule has 2 atom stereocenters. The Kier molecular flexibility index (Phi) is 9.79. The Bertz CT molecular complexity index is 957. The van der Waals surface area contributed by atoms with Gasteiger partial charge >= 0.3 is 7.05 Å². The van der Waals surface area contributed by atoms with Gasteiger partial charge in [-0.2, -0.15) is 0 Å². The number of piperidine rings is 1. The average Bonchev–Trinajstić information content (AvgIpc) is 2.89. The fourth-order valence-corrected chi connectivity index (χ4v) is 5.72. The van der Waals surface area contributed by atoms with Crippen molar-refractivity contribution in [1.29, 1.82) is 0 Å². The van der Waals surface area contributed by atoms with Crippen LogP contribution < -0.4 is 0 Å². The molecule has 7 nitrogen and oxygen atoms in total. The first-order valence-corrected chi connectivity index (χ1v) is 13.4. The zero-order chi connectivity index (χ0) is 25.5. The fourth-order valence-electron chi connectivity index (χ4n) is 5.59. The Labute approximate surface area is 220 Å². The number of halogens is 1. The maximum atomic E-state index is 13.5. The lowest BCUT2D eigenvalue weighted by atomic mass is 9.80. The first-order chi connectivity index (χ1) is 17.5. The third kappa shape index (κ3) is 6.87. The molecular formula is C27H38BClN4O3. The molecular weight excluding hydrogens is 475 g/mol. The third-order valence-corrected chi connectivity index (χ3v) is 7.90. The number of aromatic nitrogens is 1. The van der Waals surface area contributed by atoms with Gasteiger partial charge in [0.1, 0.15) is 0 Å². The molecule has 1 unspecified atom stereocenters. The number of hydrogen-bond donors (Lipinski definition) is 1. The largest absolute Gasteiger partial charge is 0.437 e. The first-order valence-electron chi connectivity index (χ1n) is 13.1. The molecule has 2 fully saturated rings. The lowest BCUT2D eigenvalue weighted by Gasteiger charge is -2.45. The molecule has 0 radical (unpaired) electrons. The number of carbonyl (C=O) groups excluding carboxylic acids is 1. The predicted octanol–water partition coefficient (Wildman–Crippen LogP) is 3.59. The highest BCUT2D eigenvalue weighted by molar-refractivity contribution is 6.45. The number of pyridine rings is 1. The lowest BCUT2D eigenvalue weighted by Crippen LogP contribution is -2.56. The van der Waals surface area contributed by atoms with Crippen LogP contribution in [0.4, 0.5) is 0 Å². The van der Waals surface area contributed by atoms with Gasteiger partial charge in [0, 0.05) is 57.0 Å². The minimum atomic E-state index is -0.416. The molecule has 1 N–H and O–H groups in total. The summed E-state index contributed by atoms with van der Waals surface area (Å²) in [5.41, 5.74) is 2.14. The number of benzene rings is 1. The Morgan fingerprint density at radius 1 is 1.17 bits per heavy atom. The molecule has 0 spiro atoms. The molecule has 2 aromatic rings. The van der Waals surface area contributed by atoms with Gasteiger partial charge in [-0.05, 0) is 74.9 Å². The summed E-state index contributed by atoms with van der Waals surface area (Å²) in [6.07, 6.45) is 5.13. The highest BCUT2D eigenvalue weighted by Gasteiger charge is 2.36. The Morgan fingerprint density at radius 3 is 2.56 bits per heavy atom. The number of methoxy groups -OCH3 is 1. The second-order valence-electron chi connectivity index (χ2n) is 10.0. The Balaban J connectivity index is 1.47. The molecule has 194 valence electrons. The molecule has 0 aliphatic carbocycles. The van der Waals surface area contributed by atoms with E-state index in [-0.39, 0.29) is 18.0 Å². The van der Waals surface area contributed by atoms with Crippen LogP contribution in [0.2, 0.25) is 11.8 Å². The smallest absolute Gasteiger partial charge is 0.376 e. The second-order valence-corrected chi connectivity index (χ2v) is 10.5. The molecule has 1 aromatic heterocycles. The number of nitrogens with zero attached hydrogens (tertiary/aromatic N) is 4. The van der Waals surface area contributed by atoms with Crippen LogP contribution in [0.15, 0.2) is 48.7 Å². The van der Waals surface area contributed by atoms with E-state index in [2.05, 4.69) is 37.8 Å². The minimum absolute atomic E-state index is 0.00411. The van der Waals surface area contributed by atoms with Crippen LogP contribution in [0.3, 0.4) is 0 Å². The van der Waals surface area contributed by atoms with E-state index in [0.717, 1.165) is 56.7 Å². The van der Waals surface area contributed by atoms with Crippen LogP contribution in [0, 0.1) is 5.92 Å². The van der Waals surface area contributed by atoms with Crippen LogP contribution in [0.5, 0.6) is 0 Å². The maximum absolute atomic E-state index is 13.5. The number of ether oxygens (including phenoxy) is 1. The second kappa shape index (κ2) is 13.0. The molecule has 0 bridgehead atoms. The van der Waals surface area contributed by atoms with Crippen LogP contribution in [0.1, 0.15) is 43.0 Å². The molecule has 2 aliphatic rings. The monoisotopic (exact) mass is 512 g/mol. The highest BCUT2D eigenvalue weighted by atomic mass is 35.5. The standard InChI is InChI=1S/C27H38BClN4O3/c1-28(35)32-14-10-21(11-15-32)19-26(34)33-17-16-31(20-24(33)12-18-36-2)27(25-5-3-4-13-30-25)22-6-8-23(29)9-7-22/h3-9,13,21,24,27,35H,10-12,14-20H2,1-2H3/t24-,27?/m0/s1. The van der Waals surface area contributed by atoms with Crippen molar-refractivity contribution in [3.05, 3.63) is 64.9 Å². The summed E-state index contributed by atoms with van der Waals surface area (Å²) in [7, 11) is 1.30. The van der Waals surface area contributed by atoms with Gasteiger partial charge < -0.3 is 19.5 Å². The zero-order valence-corrected chi connectivity index (χ0v) is 22.2. The molecule has 4 rings (SSSR count). The number of piperazine rings is 1. The van der Waals surface area contributed by atoms with Crippen molar-refractivity contribution in [3.8, 4) is 0 Å². The van der Waals surface area contributed by atoms with Gasteiger partial charge in [0.15, 0.2) is 0 Å². The summed E-state index contributed by atoms with van der Waals surface area (Å²) in [6.45, 7) is 6.36. The van der Waals surface area contributed by atoms with Crippen molar-refractivity contribution < 1.29 is 14.6 Å². The maximum Gasteiger partial charge on any atom is 0.376 e. The van der Waals surface area contributed by atoms with Gasteiger partial charge in [-0.3, -0.25) is 14.7 Å². The first kappa shape index (κ1) is 27.1. The molecule has 0 saturated carbocycles. The molecule has 1 aromatic carbocycles. The van der Waals surface area contributed by atoms with Gasteiger partial charge in [0.05, 0.1) is 11.7 Å². The van der Waals surface area contributed by atoms with Gasteiger partial charge in [-0.15, -0.1) is 0 Å². The van der Waals surface area contributed by atoms with Crippen molar-refractivity contribution in [2.24, 2.45) is 5.92 Å². The minimum Gasteiger partial charge on any atom is -0.437 e. The average molecular weight is 513 g/mol. The number of rotatable bonds is 9. The number of carbonyl (C=O) groups is 1. The zero-order valence-electron chi connectivity index (χ0n) is 21.4. The van der Waals surface area contributed by atoms with Crippen LogP contribution in [0.25, 0.3) is 0 Å². The van der Waals surface area contributed by atoms with E-state index in [1.54, 1.807) is 7.11 Å². The highest BCUT2D eigenvalue weighted by Crippen LogP contribution is 2.32. The summed E-state index contributed by atoms with van der Waals surface area (Å²) >= 11 is 6.18. The lowest BCUT2D eigenvalue weighted by molar-refractivity contribution is -0.138. The number of hydrogen-bond acceptors (Lipinski definition) is 6. The third-order valence-electron chi connectivity index (χ3n) is 7.65. The van der Waals surface area contributed by atoms with Gasteiger partial charge in [-0.1, -0.05) is 29.8 Å². The van der Waals surface area contributed by atoms with Crippen molar-refractivity contribution in [1.82, 2.24) is 19.6 Å².